The number of rotatable bonds is 7. The molecule has 0 aromatic heterocycles. The number of carbonyl (C=O) groups excluding carboxylic acids is 2. The van der Waals surface area contributed by atoms with Crippen molar-refractivity contribution in [2.45, 2.75) is 91.6 Å². The summed E-state index contributed by atoms with van der Waals surface area (Å²) in [4.78, 5) is 24.3. The predicted molar refractivity (Wildman–Crippen MR) is 115 cm³/mol. The lowest BCUT2D eigenvalue weighted by atomic mass is 9.82. The molecule has 0 N–H and O–H groups in total. The Morgan fingerprint density at radius 1 is 1.21 bits per heavy atom. The first kappa shape index (κ1) is 21.6. The molecule has 2 aliphatic rings. The Labute approximate surface area is 174 Å². The van der Waals surface area contributed by atoms with Crippen molar-refractivity contribution in [1.29, 1.82) is 0 Å². The minimum atomic E-state index is -0.669. The van der Waals surface area contributed by atoms with Crippen molar-refractivity contribution in [3.8, 4) is 11.5 Å². The van der Waals surface area contributed by atoms with Gasteiger partial charge in [-0.1, -0.05) is 46.5 Å². The van der Waals surface area contributed by atoms with Crippen LogP contribution >= 0.6 is 0 Å². The molecule has 1 aromatic carbocycles. The van der Waals surface area contributed by atoms with Crippen molar-refractivity contribution in [2.24, 2.45) is 5.92 Å². The standard InChI is InChI=1S/C25H34O4/c1-7-8-9-10-15(2)16(3)18-13-21(28-17(4)26)23-19-11-12-20(27)24(19)25(5,6)29-22(23)14-18/h13-16H,7-12H2,1-6H3. The summed E-state index contributed by atoms with van der Waals surface area (Å²) in [5, 5.41) is 0. The molecule has 1 aliphatic carbocycles. The Kier molecular flexibility index (Phi) is 6.21. The highest BCUT2D eigenvalue weighted by atomic mass is 16.5. The summed E-state index contributed by atoms with van der Waals surface area (Å²) >= 11 is 0. The van der Waals surface area contributed by atoms with E-state index in [1.54, 1.807) is 0 Å². The highest BCUT2D eigenvalue weighted by Gasteiger charge is 2.43. The van der Waals surface area contributed by atoms with Crippen LogP contribution in [0.25, 0.3) is 5.57 Å². The first-order valence-corrected chi connectivity index (χ1v) is 11.0. The monoisotopic (exact) mass is 398 g/mol. The summed E-state index contributed by atoms with van der Waals surface area (Å²) in [6.45, 7) is 12.0. The van der Waals surface area contributed by atoms with E-state index in [0.717, 1.165) is 28.0 Å². The normalized spacial score (nSPS) is 19.3. The fraction of sp³-hybridized carbons (Fsp3) is 0.600. The van der Waals surface area contributed by atoms with E-state index in [4.69, 9.17) is 9.47 Å². The van der Waals surface area contributed by atoms with Gasteiger partial charge in [0.15, 0.2) is 5.78 Å². The quantitative estimate of drug-likeness (QED) is 0.311. The molecule has 0 bridgehead atoms. The molecule has 1 aliphatic heterocycles. The van der Waals surface area contributed by atoms with Gasteiger partial charge in [0.2, 0.25) is 0 Å². The van der Waals surface area contributed by atoms with Gasteiger partial charge in [-0.05, 0) is 55.4 Å². The predicted octanol–water partition coefficient (Wildman–Crippen LogP) is 6.22. The van der Waals surface area contributed by atoms with Gasteiger partial charge < -0.3 is 9.47 Å². The number of ether oxygens (including phenoxy) is 2. The van der Waals surface area contributed by atoms with E-state index < -0.39 is 5.60 Å². The molecule has 4 nitrogen and oxygen atoms in total. The topological polar surface area (TPSA) is 52.6 Å². The van der Waals surface area contributed by atoms with Crippen LogP contribution in [0.4, 0.5) is 0 Å². The molecule has 2 unspecified atom stereocenters. The Morgan fingerprint density at radius 2 is 1.93 bits per heavy atom. The molecular formula is C25H34O4. The Hall–Kier alpha value is -2.10. The van der Waals surface area contributed by atoms with Crippen molar-refractivity contribution in [2.75, 3.05) is 0 Å². The number of unbranched alkanes of at least 4 members (excludes halogenated alkanes) is 2. The molecule has 0 spiro atoms. The SMILES string of the molecule is CCCCCC(C)C(C)c1cc(OC(C)=O)c2c(c1)OC(C)(C)C1=C2CCC1=O. The second-order valence-corrected chi connectivity index (χ2v) is 9.14. The van der Waals surface area contributed by atoms with Crippen LogP contribution in [-0.2, 0) is 9.59 Å². The van der Waals surface area contributed by atoms with Crippen molar-refractivity contribution in [3.63, 3.8) is 0 Å². The number of esters is 1. The molecule has 1 aromatic rings. The Balaban J connectivity index is 2.05. The molecule has 1 heterocycles. The van der Waals surface area contributed by atoms with Crippen molar-refractivity contribution in [3.05, 3.63) is 28.8 Å². The van der Waals surface area contributed by atoms with Crippen molar-refractivity contribution >= 4 is 17.3 Å². The average molecular weight is 399 g/mol. The van der Waals surface area contributed by atoms with E-state index in [1.165, 1.54) is 32.6 Å². The van der Waals surface area contributed by atoms with Crippen LogP contribution in [0, 0.1) is 5.92 Å². The molecule has 0 saturated heterocycles. The third kappa shape index (κ3) is 4.26. The number of Topliss-reactive ketones (excluding diaryl/α,β-unsaturated/α-hetero) is 1. The Bertz CT molecular complexity index is 847. The van der Waals surface area contributed by atoms with E-state index in [9.17, 15) is 9.59 Å². The number of ketones is 1. The van der Waals surface area contributed by atoms with Gasteiger partial charge in [-0.15, -0.1) is 0 Å². The maximum absolute atomic E-state index is 12.5. The molecule has 0 radical (unpaired) electrons. The van der Waals surface area contributed by atoms with Crippen LogP contribution in [0.1, 0.15) is 97.1 Å². The van der Waals surface area contributed by atoms with Gasteiger partial charge in [0.05, 0.1) is 5.56 Å². The Morgan fingerprint density at radius 3 is 2.59 bits per heavy atom. The lowest BCUT2D eigenvalue weighted by Gasteiger charge is -2.35. The average Bonchev–Trinajstić information content (AvgIpc) is 3.02. The van der Waals surface area contributed by atoms with E-state index in [1.807, 2.05) is 19.9 Å². The summed E-state index contributed by atoms with van der Waals surface area (Å²) in [6.07, 6.45) is 6.03. The number of hydrogen-bond donors (Lipinski definition) is 0. The molecular weight excluding hydrogens is 364 g/mol. The summed E-state index contributed by atoms with van der Waals surface area (Å²) < 4.78 is 12.0. The number of benzene rings is 1. The van der Waals surface area contributed by atoms with Crippen molar-refractivity contribution < 1.29 is 19.1 Å². The van der Waals surface area contributed by atoms with Gasteiger partial charge in [-0.25, -0.2) is 0 Å². The van der Waals surface area contributed by atoms with Gasteiger partial charge in [0.25, 0.3) is 0 Å². The second-order valence-electron chi connectivity index (χ2n) is 9.14. The minimum absolute atomic E-state index is 0.131. The van der Waals surface area contributed by atoms with Crippen LogP contribution in [0.3, 0.4) is 0 Å². The molecule has 0 amide bonds. The van der Waals surface area contributed by atoms with E-state index in [0.29, 0.717) is 30.4 Å². The van der Waals surface area contributed by atoms with Gasteiger partial charge in [-0.2, -0.15) is 0 Å². The highest BCUT2D eigenvalue weighted by Crippen LogP contribution is 2.51. The summed E-state index contributed by atoms with van der Waals surface area (Å²) in [7, 11) is 0. The number of allylic oxidation sites excluding steroid dienone is 1. The highest BCUT2D eigenvalue weighted by molar-refractivity contribution is 6.10. The summed E-state index contributed by atoms with van der Waals surface area (Å²) in [5.41, 5.74) is 2.95. The largest absolute Gasteiger partial charge is 0.482 e. The van der Waals surface area contributed by atoms with E-state index in [-0.39, 0.29) is 11.8 Å². The van der Waals surface area contributed by atoms with E-state index in [2.05, 4.69) is 26.8 Å². The van der Waals surface area contributed by atoms with Gasteiger partial charge in [0.1, 0.15) is 17.1 Å². The first-order valence-electron chi connectivity index (χ1n) is 11.0. The van der Waals surface area contributed by atoms with Gasteiger partial charge >= 0.3 is 5.97 Å². The van der Waals surface area contributed by atoms with Crippen LogP contribution in [0.2, 0.25) is 0 Å². The molecule has 158 valence electrons. The fourth-order valence-corrected chi connectivity index (χ4v) is 4.71. The van der Waals surface area contributed by atoms with Crippen LogP contribution in [0.5, 0.6) is 11.5 Å². The lowest BCUT2D eigenvalue weighted by molar-refractivity contribution is -0.131. The second kappa shape index (κ2) is 8.33. The maximum Gasteiger partial charge on any atom is 0.308 e. The number of carbonyl (C=O) groups is 2. The molecule has 2 atom stereocenters. The number of fused-ring (bicyclic) bond motifs is 2. The van der Waals surface area contributed by atoms with Crippen molar-refractivity contribution in [1.82, 2.24) is 0 Å². The lowest BCUT2D eigenvalue weighted by Crippen LogP contribution is -2.36. The first-order chi connectivity index (χ1) is 13.7. The summed E-state index contributed by atoms with van der Waals surface area (Å²) in [6, 6.07) is 4.08. The minimum Gasteiger partial charge on any atom is -0.482 e. The summed E-state index contributed by atoms with van der Waals surface area (Å²) in [5.74, 6) is 1.86. The molecule has 3 rings (SSSR count). The number of hydrogen-bond acceptors (Lipinski definition) is 4. The van der Waals surface area contributed by atoms with Gasteiger partial charge in [0, 0.05) is 18.9 Å². The molecule has 0 saturated carbocycles. The van der Waals surface area contributed by atoms with Crippen LogP contribution in [0.15, 0.2) is 17.7 Å². The zero-order valence-electron chi connectivity index (χ0n) is 18.7. The molecule has 0 fully saturated rings. The van der Waals surface area contributed by atoms with Gasteiger partial charge in [-0.3, -0.25) is 9.59 Å². The molecule has 29 heavy (non-hydrogen) atoms. The fourth-order valence-electron chi connectivity index (χ4n) is 4.71. The van der Waals surface area contributed by atoms with Crippen LogP contribution in [-0.4, -0.2) is 17.4 Å². The third-order valence-corrected chi connectivity index (χ3v) is 6.44. The maximum atomic E-state index is 12.5. The van der Waals surface area contributed by atoms with E-state index >= 15 is 0 Å². The zero-order chi connectivity index (χ0) is 21.3. The van der Waals surface area contributed by atoms with Crippen LogP contribution < -0.4 is 9.47 Å². The zero-order valence-corrected chi connectivity index (χ0v) is 18.7. The molecule has 4 heteroatoms. The smallest absolute Gasteiger partial charge is 0.308 e. The third-order valence-electron chi connectivity index (χ3n) is 6.44.